The molecule has 0 spiro atoms. The second kappa shape index (κ2) is 5.65. The highest BCUT2D eigenvalue weighted by molar-refractivity contribution is 5.39. The summed E-state index contributed by atoms with van der Waals surface area (Å²) in [5, 5.41) is 9.58. The van der Waals surface area contributed by atoms with Gasteiger partial charge in [-0.1, -0.05) is 42.5 Å². The fraction of sp³-hybridized carbons (Fsp3) is 0.467. The van der Waals surface area contributed by atoms with E-state index in [9.17, 15) is 5.11 Å². The zero-order valence-electron chi connectivity index (χ0n) is 10.8. The fourth-order valence-corrected chi connectivity index (χ4v) is 2.51. The number of aliphatic hydroxyl groups is 1. The second-order valence-electron chi connectivity index (χ2n) is 5.03. The summed E-state index contributed by atoms with van der Waals surface area (Å²) in [5.74, 6) is 0.0361. The summed E-state index contributed by atoms with van der Waals surface area (Å²) in [6, 6.07) is 0. The molecule has 0 radical (unpaired) electrons. The summed E-state index contributed by atoms with van der Waals surface area (Å²) >= 11 is 0. The van der Waals surface area contributed by atoms with Gasteiger partial charge in [-0.15, -0.1) is 0 Å². The molecule has 0 saturated carbocycles. The van der Waals surface area contributed by atoms with Crippen LogP contribution in [-0.2, 0) is 4.74 Å². The average molecular weight is 247 g/mol. The number of nitrogens with two attached hydrogens (primary N) is 1. The lowest BCUT2D eigenvalue weighted by molar-refractivity contribution is -0.0508. The molecule has 0 unspecified atom stereocenters. The number of hydrogen-bond donors (Lipinski definition) is 2. The Morgan fingerprint density at radius 1 is 1.33 bits per heavy atom. The van der Waals surface area contributed by atoms with E-state index >= 15 is 0 Å². The molecule has 1 saturated heterocycles. The van der Waals surface area contributed by atoms with Gasteiger partial charge in [-0.2, -0.15) is 0 Å². The van der Waals surface area contributed by atoms with E-state index in [1.54, 1.807) is 0 Å². The normalized spacial score (nSPS) is 39.6. The van der Waals surface area contributed by atoms with Gasteiger partial charge in [0.05, 0.1) is 18.2 Å². The standard InChI is InChI=1S/C15H21NO2/c1-12-9-14(10-17)15(16,11-18-12)13-7-5-3-2-4-6-8-13/h2-8,12,14,17H,9-11,16H2,1H3/b3-2-,4-2?,5-3?,6-4-,7-5?,8-6?,13-7?,13-8?/t12-,14-,15+/m0/s1. The van der Waals surface area contributed by atoms with Crippen LogP contribution < -0.4 is 5.73 Å². The molecular formula is C15H21NO2. The van der Waals surface area contributed by atoms with Crippen LogP contribution in [0.15, 0.2) is 48.1 Å². The molecule has 1 aliphatic carbocycles. The number of aliphatic hydroxyl groups excluding tert-OH is 1. The maximum Gasteiger partial charge on any atom is 0.0698 e. The Bertz CT molecular complexity index is 409. The molecule has 2 rings (SSSR count). The summed E-state index contributed by atoms with van der Waals surface area (Å²) in [5.41, 5.74) is 6.91. The van der Waals surface area contributed by atoms with Crippen LogP contribution in [0.2, 0.25) is 0 Å². The van der Waals surface area contributed by atoms with Gasteiger partial charge in [0.25, 0.3) is 0 Å². The SMILES string of the molecule is C[C@H]1C[C@@H](CO)[C@](N)(C2=C/C=C\C=C/C=C2)CO1. The molecule has 3 N–H and O–H groups in total. The van der Waals surface area contributed by atoms with E-state index in [4.69, 9.17) is 10.5 Å². The van der Waals surface area contributed by atoms with Crippen molar-refractivity contribution in [2.75, 3.05) is 13.2 Å². The summed E-state index contributed by atoms with van der Waals surface area (Å²) in [4.78, 5) is 0. The minimum absolute atomic E-state index is 0.0361. The van der Waals surface area contributed by atoms with Crippen molar-refractivity contribution in [3.05, 3.63) is 48.1 Å². The molecule has 3 heteroatoms. The Hall–Kier alpha value is -1.16. The van der Waals surface area contributed by atoms with Crippen LogP contribution in [0.3, 0.4) is 0 Å². The Labute approximate surface area is 108 Å². The first-order valence-electron chi connectivity index (χ1n) is 6.40. The smallest absolute Gasteiger partial charge is 0.0698 e. The van der Waals surface area contributed by atoms with Crippen LogP contribution in [-0.4, -0.2) is 30.0 Å². The third kappa shape index (κ3) is 2.64. The lowest BCUT2D eigenvalue weighted by atomic mass is 9.74. The van der Waals surface area contributed by atoms with Gasteiger partial charge in [0, 0.05) is 12.5 Å². The van der Waals surface area contributed by atoms with Crippen molar-refractivity contribution in [1.29, 1.82) is 0 Å². The second-order valence-corrected chi connectivity index (χ2v) is 5.03. The lowest BCUT2D eigenvalue weighted by Crippen LogP contribution is -2.58. The summed E-state index contributed by atoms with van der Waals surface area (Å²) in [6.45, 7) is 2.56. The molecule has 0 aromatic heterocycles. The first-order valence-corrected chi connectivity index (χ1v) is 6.40. The van der Waals surface area contributed by atoms with E-state index in [-0.39, 0.29) is 18.6 Å². The van der Waals surface area contributed by atoms with Gasteiger partial charge in [0.2, 0.25) is 0 Å². The van der Waals surface area contributed by atoms with Crippen LogP contribution in [0.25, 0.3) is 0 Å². The van der Waals surface area contributed by atoms with Gasteiger partial charge in [0.1, 0.15) is 0 Å². The first kappa shape index (κ1) is 13.3. The molecule has 1 aliphatic heterocycles. The zero-order valence-corrected chi connectivity index (χ0v) is 10.8. The highest BCUT2D eigenvalue weighted by atomic mass is 16.5. The molecular weight excluding hydrogens is 226 g/mol. The van der Waals surface area contributed by atoms with E-state index in [0.717, 1.165) is 12.0 Å². The van der Waals surface area contributed by atoms with Crippen molar-refractivity contribution in [3.8, 4) is 0 Å². The molecule has 0 aromatic carbocycles. The Kier molecular flexibility index (Phi) is 4.17. The predicted octanol–water partition coefficient (Wildman–Crippen LogP) is 1.71. The maximum atomic E-state index is 9.58. The molecule has 18 heavy (non-hydrogen) atoms. The van der Waals surface area contributed by atoms with Crippen molar-refractivity contribution < 1.29 is 9.84 Å². The van der Waals surface area contributed by atoms with Crippen molar-refractivity contribution in [3.63, 3.8) is 0 Å². The third-order valence-electron chi connectivity index (χ3n) is 3.71. The third-order valence-corrected chi connectivity index (χ3v) is 3.71. The van der Waals surface area contributed by atoms with Crippen LogP contribution in [0.4, 0.5) is 0 Å². The number of rotatable bonds is 2. The van der Waals surface area contributed by atoms with Gasteiger partial charge in [-0.25, -0.2) is 0 Å². The lowest BCUT2D eigenvalue weighted by Gasteiger charge is -2.43. The highest BCUT2D eigenvalue weighted by Crippen LogP contribution is 2.33. The minimum atomic E-state index is -0.604. The van der Waals surface area contributed by atoms with Gasteiger partial charge < -0.3 is 15.6 Å². The number of ether oxygens (including phenoxy) is 1. The largest absolute Gasteiger partial charge is 0.396 e. The molecule has 3 atom stereocenters. The minimum Gasteiger partial charge on any atom is -0.396 e. The van der Waals surface area contributed by atoms with Crippen molar-refractivity contribution in [2.45, 2.75) is 25.0 Å². The van der Waals surface area contributed by atoms with Gasteiger partial charge in [-0.3, -0.25) is 0 Å². The average Bonchev–Trinajstić information content (AvgIpc) is 2.31. The number of allylic oxidation sites excluding steroid dienone is 6. The quantitative estimate of drug-likeness (QED) is 0.781. The molecule has 1 heterocycles. The van der Waals surface area contributed by atoms with Crippen molar-refractivity contribution in [1.82, 2.24) is 0 Å². The van der Waals surface area contributed by atoms with Crippen molar-refractivity contribution >= 4 is 0 Å². The topological polar surface area (TPSA) is 55.5 Å². The van der Waals surface area contributed by atoms with E-state index in [2.05, 4.69) is 0 Å². The number of hydrogen-bond acceptors (Lipinski definition) is 3. The van der Waals surface area contributed by atoms with E-state index in [1.807, 2.05) is 49.5 Å². The van der Waals surface area contributed by atoms with Crippen molar-refractivity contribution in [2.24, 2.45) is 11.7 Å². The Morgan fingerprint density at radius 3 is 2.83 bits per heavy atom. The first-order chi connectivity index (χ1) is 8.66. The summed E-state index contributed by atoms with van der Waals surface area (Å²) in [6.07, 6.45) is 14.8. The van der Waals surface area contributed by atoms with Crippen LogP contribution in [0.1, 0.15) is 13.3 Å². The molecule has 1 fully saturated rings. The Morgan fingerprint density at radius 2 is 2.06 bits per heavy atom. The summed E-state index contributed by atoms with van der Waals surface area (Å²) < 4.78 is 5.70. The molecule has 98 valence electrons. The van der Waals surface area contributed by atoms with E-state index < -0.39 is 5.54 Å². The molecule has 0 aromatic rings. The van der Waals surface area contributed by atoms with Crippen LogP contribution >= 0.6 is 0 Å². The van der Waals surface area contributed by atoms with E-state index in [1.165, 1.54) is 0 Å². The zero-order chi connectivity index (χ0) is 13.0. The van der Waals surface area contributed by atoms with Gasteiger partial charge in [0.15, 0.2) is 0 Å². The van der Waals surface area contributed by atoms with Gasteiger partial charge >= 0.3 is 0 Å². The van der Waals surface area contributed by atoms with Crippen LogP contribution in [0.5, 0.6) is 0 Å². The monoisotopic (exact) mass is 247 g/mol. The molecule has 2 aliphatic rings. The maximum absolute atomic E-state index is 9.58. The molecule has 3 nitrogen and oxygen atoms in total. The predicted molar refractivity (Wildman–Crippen MR) is 73.0 cm³/mol. The Balaban J connectivity index is 2.28. The van der Waals surface area contributed by atoms with Crippen LogP contribution in [0, 0.1) is 5.92 Å². The molecule has 0 bridgehead atoms. The highest BCUT2D eigenvalue weighted by Gasteiger charge is 2.41. The molecule has 0 amide bonds. The van der Waals surface area contributed by atoms with E-state index in [0.29, 0.717) is 6.61 Å². The summed E-state index contributed by atoms with van der Waals surface area (Å²) in [7, 11) is 0. The van der Waals surface area contributed by atoms with Gasteiger partial charge in [-0.05, 0) is 18.9 Å². The fourth-order valence-electron chi connectivity index (χ4n) is 2.51.